The van der Waals surface area contributed by atoms with Gasteiger partial charge in [0.25, 0.3) is 5.91 Å². The molecule has 0 aliphatic rings. The number of nitrogen functional groups attached to an aromatic ring is 1. The van der Waals surface area contributed by atoms with E-state index < -0.39 is 29.6 Å². The summed E-state index contributed by atoms with van der Waals surface area (Å²) in [7, 11) is 1.27. The molecule has 1 aromatic rings. The largest absolute Gasteiger partial charge is 0.467 e. The summed E-state index contributed by atoms with van der Waals surface area (Å²) in [6.45, 7) is 12.9. The number of methoxy groups -OCH3 is 1. The summed E-state index contributed by atoms with van der Waals surface area (Å²) in [6.07, 6.45) is -0.542. The van der Waals surface area contributed by atoms with Gasteiger partial charge in [-0.05, 0) is 38.7 Å². The predicted octanol–water partition coefficient (Wildman–Crippen LogP) is 3.48. The third kappa shape index (κ3) is 7.23. The Hall–Kier alpha value is -2.29. The van der Waals surface area contributed by atoms with E-state index in [1.165, 1.54) is 18.4 Å². The fourth-order valence-electron chi connectivity index (χ4n) is 2.60. The van der Waals surface area contributed by atoms with Gasteiger partial charge in [0.05, 0.1) is 23.7 Å². The van der Waals surface area contributed by atoms with Crippen LogP contribution in [0.4, 0.5) is 9.80 Å². The smallest absolute Gasteiger partial charge is 0.408 e. The Bertz CT molecular complexity index is 737. The fourth-order valence-corrected chi connectivity index (χ4v) is 3.75. The van der Waals surface area contributed by atoms with Crippen LogP contribution in [0.5, 0.6) is 0 Å². The maximum atomic E-state index is 12.7. The van der Waals surface area contributed by atoms with Gasteiger partial charge in [-0.25, -0.2) is 9.59 Å². The van der Waals surface area contributed by atoms with Crippen molar-refractivity contribution >= 4 is 34.3 Å². The topological polar surface area (TPSA) is 120 Å². The molecule has 8 nitrogen and oxygen atoms in total. The monoisotopic (exact) mass is 427 g/mol. The SMILES string of the molecule is COC(=O)[C@H](NC(=O)c1cc([C@@H](NC(=O)OC(C)(C)C)C(C)C)sc1N)C(C)C. The van der Waals surface area contributed by atoms with Crippen molar-refractivity contribution in [1.82, 2.24) is 10.6 Å². The molecule has 0 bridgehead atoms. The first-order valence-electron chi connectivity index (χ1n) is 9.54. The number of anilines is 1. The van der Waals surface area contributed by atoms with Crippen molar-refractivity contribution in [2.45, 2.75) is 66.2 Å². The molecular weight excluding hydrogens is 394 g/mol. The molecule has 0 aromatic carbocycles. The maximum Gasteiger partial charge on any atom is 0.408 e. The molecule has 2 atom stereocenters. The Labute approximate surface area is 176 Å². The minimum absolute atomic E-state index is 0.0370. The van der Waals surface area contributed by atoms with Crippen molar-refractivity contribution in [3.63, 3.8) is 0 Å². The minimum Gasteiger partial charge on any atom is -0.467 e. The number of nitrogens with two attached hydrogens (primary N) is 1. The standard InChI is InChI=1S/C20H33N3O5S/c1-10(2)14(23-19(26)28-20(5,6)7)13-9-12(16(21)29-13)17(24)22-15(11(3)4)18(25)27-8/h9-11,14-15H,21H2,1-8H3,(H,22,24)(H,23,26)/t14-,15+/m0/s1. The van der Waals surface area contributed by atoms with Gasteiger partial charge in [0.2, 0.25) is 0 Å². The van der Waals surface area contributed by atoms with E-state index in [2.05, 4.69) is 10.6 Å². The van der Waals surface area contributed by atoms with Crippen LogP contribution in [0.25, 0.3) is 0 Å². The first-order chi connectivity index (χ1) is 13.3. The Balaban J connectivity index is 3.06. The zero-order chi connectivity index (χ0) is 22.5. The van der Waals surface area contributed by atoms with Crippen LogP contribution in [0, 0.1) is 11.8 Å². The van der Waals surface area contributed by atoms with Gasteiger partial charge < -0.3 is 25.8 Å². The molecule has 0 saturated heterocycles. The molecule has 9 heteroatoms. The molecule has 0 aliphatic carbocycles. The Morgan fingerprint density at radius 3 is 2.10 bits per heavy atom. The second-order valence-electron chi connectivity index (χ2n) is 8.51. The van der Waals surface area contributed by atoms with Crippen LogP contribution < -0.4 is 16.4 Å². The third-order valence-electron chi connectivity index (χ3n) is 4.08. The summed E-state index contributed by atoms with van der Waals surface area (Å²) in [5, 5.41) is 5.83. The molecule has 164 valence electrons. The molecule has 1 aromatic heterocycles. The van der Waals surface area contributed by atoms with Crippen LogP contribution in [0.3, 0.4) is 0 Å². The normalized spacial score (nSPS) is 13.7. The molecule has 0 fully saturated rings. The van der Waals surface area contributed by atoms with Gasteiger partial charge in [-0.2, -0.15) is 0 Å². The predicted molar refractivity (Wildman–Crippen MR) is 114 cm³/mol. The first-order valence-corrected chi connectivity index (χ1v) is 10.4. The maximum absolute atomic E-state index is 12.7. The minimum atomic E-state index is -0.781. The average Bonchev–Trinajstić information content (AvgIpc) is 2.96. The number of amides is 2. The lowest BCUT2D eigenvalue weighted by Gasteiger charge is -2.25. The highest BCUT2D eigenvalue weighted by Gasteiger charge is 2.29. The molecule has 1 rings (SSSR count). The van der Waals surface area contributed by atoms with E-state index >= 15 is 0 Å². The molecule has 29 heavy (non-hydrogen) atoms. The third-order valence-corrected chi connectivity index (χ3v) is 5.13. The number of nitrogens with one attached hydrogen (secondary N) is 2. The second kappa shape index (κ2) is 9.96. The molecule has 2 amide bonds. The van der Waals surface area contributed by atoms with Crippen molar-refractivity contribution in [1.29, 1.82) is 0 Å². The van der Waals surface area contributed by atoms with E-state index in [1.54, 1.807) is 26.8 Å². The summed E-state index contributed by atoms with van der Waals surface area (Å²) in [5.41, 5.74) is 5.71. The van der Waals surface area contributed by atoms with Crippen molar-refractivity contribution in [2.75, 3.05) is 12.8 Å². The average molecular weight is 428 g/mol. The number of hydrogen-bond acceptors (Lipinski definition) is 7. The van der Waals surface area contributed by atoms with Crippen LogP contribution in [0.2, 0.25) is 0 Å². The number of carbonyl (C=O) groups excluding carboxylic acids is 3. The molecule has 1 heterocycles. The zero-order valence-corrected chi connectivity index (χ0v) is 19.2. The number of rotatable bonds is 7. The quantitative estimate of drug-likeness (QED) is 0.573. The van der Waals surface area contributed by atoms with Crippen molar-refractivity contribution in [3.8, 4) is 0 Å². The Kier molecular flexibility index (Phi) is 8.50. The van der Waals surface area contributed by atoms with Crippen LogP contribution in [-0.2, 0) is 14.3 Å². The van der Waals surface area contributed by atoms with Crippen LogP contribution >= 0.6 is 11.3 Å². The van der Waals surface area contributed by atoms with E-state index in [9.17, 15) is 14.4 Å². The zero-order valence-electron chi connectivity index (χ0n) is 18.4. The van der Waals surface area contributed by atoms with E-state index in [-0.39, 0.29) is 23.4 Å². The molecule has 0 aliphatic heterocycles. The summed E-state index contributed by atoms with van der Waals surface area (Å²) in [4.78, 5) is 37.6. The molecule has 0 spiro atoms. The van der Waals surface area contributed by atoms with Gasteiger partial charge in [-0.1, -0.05) is 27.7 Å². The lowest BCUT2D eigenvalue weighted by Crippen LogP contribution is -2.45. The van der Waals surface area contributed by atoms with E-state index in [4.69, 9.17) is 15.2 Å². The molecule has 0 saturated carbocycles. The number of thiophene rings is 1. The molecule has 0 unspecified atom stereocenters. The Morgan fingerprint density at radius 2 is 1.66 bits per heavy atom. The number of ether oxygens (including phenoxy) is 2. The van der Waals surface area contributed by atoms with Gasteiger partial charge in [0.1, 0.15) is 11.6 Å². The molecular formula is C20H33N3O5S. The van der Waals surface area contributed by atoms with Crippen molar-refractivity contribution < 1.29 is 23.9 Å². The van der Waals surface area contributed by atoms with Gasteiger partial charge >= 0.3 is 12.1 Å². The van der Waals surface area contributed by atoms with Gasteiger partial charge in [-0.3, -0.25) is 4.79 Å². The fraction of sp³-hybridized carbons (Fsp3) is 0.650. The van der Waals surface area contributed by atoms with Crippen LogP contribution in [0.15, 0.2) is 6.07 Å². The lowest BCUT2D eigenvalue weighted by molar-refractivity contribution is -0.144. The number of carbonyl (C=O) groups is 3. The van der Waals surface area contributed by atoms with E-state index in [0.29, 0.717) is 5.00 Å². The molecule has 0 radical (unpaired) electrons. The van der Waals surface area contributed by atoms with Crippen molar-refractivity contribution in [3.05, 3.63) is 16.5 Å². The van der Waals surface area contributed by atoms with Gasteiger partial charge in [-0.15, -0.1) is 11.3 Å². The number of esters is 1. The number of alkyl carbamates (subject to hydrolysis) is 1. The van der Waals surface area contributed by atoms with Crippen LogP contribution in [-0.4, -0.2) is 36.7 Å². The highest BCUT2D eigenvalue weighted by atomic mass is 32.1. The Morgan fingerprint density at radius 1 is 1.07 bits per heavy atom. The number of hydrogen-bond donors (Lipinski definition) is 3. The lowest BCUT2D eigenvalue weighted by atomic mass is 10.0. The van der Waals surface area contributed by atoms with E-state index in [0.717, 1.165) is 4.88 Å². The first kappa shape index (κ1) is 24.7. The summed E-state index contributed by atoms with van der Waals surface area (Å²) in [6, 6.07) is 0.489. The highest BCUT2D eigenvalue weighted by Crippen LogP contribution is 2.33. The summed E-state index contributed by atoms with van der Waals surface area (Å²) in [5.74, 6) is -1.10. The second-order valence-corrected chi connectivity index (χ2v) is 9.63. The van der Waals surface area contributed by atoms with Gasteiger partial charge in [0, 0.05) is 4.88 Å². The van der Waals surface area contributed by atoms with Crippen molar-refractivity contribution in [2.24, 2.45) is 11.8 Å². The highest BCUT2D eigenvalue weighted by molar-refractivity contribution is 7.16. The van der Waals surface area contributed by atoms with E-state index in [1.807, 2.05) is 27.7 Å². The summed E-state index contributed by atoms with van der Waals surface area (Å²) < 4.78 is 10.1. The summed E-state index contributed by atoms with van der Waals surface area (Å²) >= 11 is 1.22. The van der Waals surface area contributed by atoms with Gasteiger partial charge in [0.15, 0.2) is 0 Å². The van der Waals surface area contributed by atoms with Crippen LogP contribution in [0.1, 0.15) is 69.7 Å². The molecule has 4 N–H and O–H groups in total.